The van der Waals surface area contributed by atoms with Crippen molar-refractivity contribution in [1.82, 2.24) is 29.7 Å². The standard InChI is InChI=1S/C27H31N7OS/c1-3-33(4-2)26(35)18-8-7-15-34(17-18)27(36)30-19-11-12-20-23(16-19)32-25(22-10-6-14-29-22)24(31-20)21-9-5-13-28-21/h5-6,9-14,16,18,28-29H,3-4,7-8,15,17H2,1-2H3,(H,30,36)/t18-/m1/s1. The van der Waals surface area contributed by atoms with Crippen molar-refractivity contribution in [3.8, 4) is 22.8 Å². The molecule has 1 aliphatic rings. The summed E-state index contributed by atoms with van der Waals surface area (Å²) in [6, 6.07) is 13.8. The van der Waals surface area contributed by atoms with Gasteiger partial charge in [0.05, 0.1) is 28.3 Å². The number of likely N-dealkylation sites (tertiary alicyclic amines) is 1. The molecule has 1 fully saturated rings. The van der Waals surface area contributed by atoms with Gasteiger partial charge < -0.3 is 25.1 Å². The second kappa shape index (κ2) is 10.5. The summed E-state index contributed by atoms with van der Waals surface area (Å²) in [5.74, 6) is 0.207. The van der Waals surface area contributed by atoms with Crippen LogP contribution in [0.1, 0.15) is 26.7 Å². The number of benzene rings is 1. The fourth-order valence-corrected chi connectivity index (χ4v) is 5.11. The smallest absolute Gasteiger partial charge is 0.227 e. The molecule has 3 aromatic heterocycles. The molecule has 5 rings (SSSR count). The Kier molecular flexibility index (Phi) is 6.99. The van der Waals surface area contributed by atoms with Crippen LogP contribution in [0.5, 0.6) is 0 Å². The number of amides is 1. The molecule has 0 radical (unpaired) electrons. The number of rotatable bonds is 6. The zero-order valence-electron chi connectivity index (χ0n) is 20.6. The largest absolute Gasteiger partial charge is 0.360 e. The van der Waals surface area contributed by atoms with Crippen LogP contribution in [-0.4, -0.2) is 66.9 Å². The van der Waals surface area contributed by atoms with E-state index in [1.165, 1.54) is 0 Å². The molecule has 36 heavy (non-hydrogen) atoms. The van der Waals surface area contributed by atoms with E-state index in [1.807, 2.05) is 73.6 Å². The van der Waals surface area contributed by atoms with Crippen LogP contribution in [0, 0.1) is 5.92 Å². The Morgan fingerprint density at radius 2 is 1.72 bits per heavy atom. The Bertz CT molecular complexity index is 1350. The van der Waals surface area contributed by atoms with Crippen LogP contribution in [0.3, 0.4) is 0 Å². The van der Waals surface area contributed by atoms with Gasteiger partial charge in [-0.1, -0.05) is 0 Å². The summed E-state index contributed by atoms with van der Waals surface area (Å²) in [6.07, 6.45) is 5.62. The number of carbonyl (C=O) groups is 1. The van der Waals surface area contributed by atoms with Gasteiger partial charge >= 0.3 is 0 Å². The average molecular weight is 502 g/mol. The maximum absolute atomic E-state index is 12.9. The van der Waals surface area contributed by atoms with Gasteiger partial charge in [0, 0.05) is 44.3 Å². The number of aromatic amines is 2. The molecule has 186 valence electrons. The number of fused-ring (bicyclic) bond motifs is 1. The molecular formula is C27H31N7OS. The molecule has 0 spiro atoms. The molecular weight excluding hydrogens is 470 g/mol. The van der Waals surface area contributed by atoms with Crippen molar-refractivity contribution in [2.75, 3.05) is 31.5 Å². The minimum atomic E-state index is -0.0179. The highest BCUT2D eigenvalue weighted by Crippen LogP contribution is 2.30. The van der Waals surface area contributed by atoms with Crippen molar-refractivity contribution in [3.05, 3.63) is 54.9 Å². The molecule has 3 N–H and O–H groups in total. The van der Waals surface area contributed by atoms with Crippen molar-refractivity contribution in [2.45, 2.75) is 26.7 Å². The second-order valence-electron chi connectivity index (χ2n) is 9.02. The molecule has 0 unspecified atom stereocenters. The highest BCUT2D eigenvalue weighted by Gasteiger charge is 2.29. The van der Waals surface area contributed by atoms with Gasteiger partial charge in [-0.15, -0.1) is 0 Å². The summed E-state index contributed by atoms with van der Waals surface area (Å²) in [4.78, 5) is 33.3. The van der Waals surface area contributed by atoms with E-state index in [-0.39, 0.29) is 11.8 Å². The van der Waals surface area contributed by atoms with E-state index < -0.39 is 0 Å². The fraction of sp³-hybridized carbons (Fsp3) is 0.333. The maximum atomic E-state index is 12.9. The van der Waals surface area contributed by atoms with Crippen molar-refractivity contribution in [2.24, 2.45) is 5.92 Å². The Morgan fingerprint density at radius 3 is 2.33 bits per heavy atom. The fourth-order valence-electron chi connectivity index (χ4n) is 4.82. The number of piperidine rings is 1. The summed E-state index contributed by atoms with van der Waals surface area (Å²) < 4.78 is 0. The number of hydrogen-bond acceptors (Lipinski definition) is 4. The van der Waals surface area contributed by atoms with Gasteiger partial charge in [-0.2, -0.15) is 0 Å². The molecule has 4 aromatic rings. The van der Waals surface area contributed by atoms with E-state index in [0.29, 0.717) is 11.7 Å². The number of thiocarbonyl (C=S) groups is 1. The van der Waals surface area contributed by atoms with Crippen LogP contribution in [0.15, 0.2) is 54.9 Å². The molecule has 1 aliphatic heterocycles. The Morgan fingerprint density at radius 1 is 1.06 bits per heavy atom. The quantitative estimate of drug-likeness (QED) is 0.326. The highest BCUT2D eigenvalue weighted by molar-refractivity contribution is 7.80. The van der Waals surface area contributed by atoms with Crippen molar-refractivity contribution in [1.29, 1.82) is 0 Å². The molecule has 0 aliphatic carbocycles. The average Bonchev–Trinajstić information content (AvgIpc) is 3.63. The van der Waals surface area contributed by atoms with Gasteiger partial charge in [-0.25, -0.2) is 9.97 Å². The van der Waals surface area contributed by atoms with Crippen molar-refractivity contribution in [3.63, 3.8) is 0 Å². The number of nitrogens with one attached hydrogen (secondary N) is 3. The Labute approximate surface area is 216 Å². The molecule has 1 amide bonds. The summed E-state index contributed by atoms with van der Waals surface area (Å²) in [5, 5.41) is 4.00. The monoisotopic (exact) mass is 501 g/mol. The van der Waals surface area contributed by atoms with E-state index in [0.717, 1.165) is 72.0 Å². The number of carbonyl (C=O) groups excluding carboxylic acids is 1. The third-order valence-electron chi connectivity index (χ3n) is 6.75. The van der Waals surface area contributed by atoms with Crippen LogP contribution >= 0.6 is 12.2 Å². The van der Waals surface area contributed by atoms with E-state index >= 15 is 0 Å². The first-order chi connectivity index (χ1) is 17.6. The van der Waals surface area contributed by atoms with Crippen molar-refractivity contribution < 1.29 is 4.79 Å². The minimum Gasteiger partial charge on any atom is -0.360 e. The van der Waals surface area contributed by atoms with Gasteiger partial charge in [-0.3, -0.25) is 4.79 Å². The molecule has 9 heteroatoms. The van der Waals surface area contributed by atoms with Gasteiger partial charge in [0.2, 0.25) is 5.91 Å². The zero-order valence-corrected chi connectivity index (χ0v) is 21.4. The van der Waals surface area contributed by atoms with Crippen LogP contribution < -0.4 is 5.32 Å². The van der Waals surface area contributed by atoms with Crippen LogP contribution in [0.4, 0.5) is 5.69 Å². The Balaban J connectivity index is 1.38. The molecule has 8 nitrogen and oxygen atoms in total. The summed E-state index contributed by atoms with van der Waals surface area (Å²) in [6.45, 7) is 7.02. The van der Waals surface area contributed by atoms with Gasteiger partial charge in [0.25, 0.3) is 0 Å². The van der Waals surface area contributed by atoms with Gasteiger partial charge in [-0.05, 0) is 81.4 Å². The Hall–Kier alpha value is -3.72. The molecule has 1 saturated heterocycles. The van der Waals surface area contributed by atoms with Crippen LogP contribution in [0.2, 0.25) is 0 Å². The number of anilines is 1. The third kappa shape index (κ3) is 4.83. The molecule has 0 saturated carbocycles. The zero-order chi connectivity index (χ0) is 25.1. The van der Waals surface area contributed by atoms with E-state index in [1.54, 1.807) is 0 Å². The SMILES string of the molecule is CCN(CC)C(=O)[C@@H]1CCCN(C(=S)Nc2ccc3nc(-c4ccc[nH]4)c(-c4ccc[nH]4)nc3c2)C1. The van der Waals surface area contributed by atoms with E-state index in [9.17, 15) is 4.79 Å². The van der Waals surface area contributed by atoms with Crippen LogP contribution in [-0.2, 0) is 4.79 Å². The lowest BCUT2D eigenvalue weighted by Crippen LogP contribution is -2.47. The first-order valence-corrected chi connectivity index (χ1v) is 12.9. The topological polar surface area (TPSA) is 92.9 Å². The summed E-state index contributed by atoms with van der Waals surface area (Å²) >= 11 is 5.75. The van der Waals surface area contributed by atoms with Crippen LogP contribution in [0.25, 0.3) is 33.8 Å². The van der Waals surface area contributed by atoms with Gasteiger partial charge in [0.1, 0.15) is 11.4 Å². The summed E-state index contributed by atoms with van der Waals surface area (Å²) in [7, 11) is 0. The minimum absolute atomic E-state index is 0.0179. The maximum Gasteiger partial charge on any atom is 0.227 e. The number of H-pyrrole nitrogens is 2. The molecule has 4 heterocycles. The summed E-state index contributed by atoms with van der Waals surface area (Å²) in [5.41, 5.74) is 5.82. The number of hydrogen-bond donors (Lipinski definition) is 3. The molecule has 0 bridgehead atoms. The van der Waals surface area contributed by atoms with Gasteiger partial charge in [0.15, 0.2) is 5.11 Å². The lowest BCUT2D eigenvalue weighted by molar-refractivity contribution is -0.136. The second-order valence-corrected chi connectivity index (χ2v) is 9.40. The molecule has 1 atom stereocenters. The predicted octanol–water partition coefficient (Wildman–Crippen LogP) is 4.90. The highest BCUT2D eigenvalue weighted by atomic mass is 32.1. The normalized spacial score (nSPS) is 15.7. The van der Waals surface area contributed by atoms with Crippen molar-refractivity contribution >= 4 is 40.0 Å². The lowest BCUT2D eigenvalue weighted by Gasteiger charge is -2.36. The first-order valence-electron chi connectivity index (χ1n) is 12.5. The number of aromatic nitrogens is 4. The van der Waals surface area contributed by atoms with E-state index in [2.05, 4.69) is 20.2 Å². The van der Waals surface area contributed by atoms with E-state index in [4.69, 9.17) is 22.2 Å². The molecule has 1 aromatic carbocycles. The predicted molar refractivity (Wildman–Crippen MR) is 148 cm³/mol. The first kappa shape index (κ1) is 24.0. The third-order valence-corrected chi connectivity index (χ3v) is 7.11. The number of nitrogens with zero attached hydrogens (tertiary/aromatic N) is 4. The lowest BCUT2D eigenvalue weighted by atomic mass is 9.96.